The summed E-state index contributed by atoms with van der Waals surface area (Å²) in [5, 5.41) is 0.507. The van der Waals surface area contributed by atoms with Gasteiger partial charge in [-0.25, -0.2) is 13.2 Å². The molecular weight excluding hydrogens is 400 g/mol. The highest BCUT2D eigenvalue weighted by Crippen LogP contribution is 2.37. The molecule has 154 valence electrons. The van der Waals surface area contributed by atoms with Crippen molar-refractivity contribution in [2.24, 2.45) is 0 Å². The molecule has 0 amide bonds. The van der Waals surface area contributed by atoms with Crippen LogP contribution in [0.15, 0.2) is 45.7 Å². The van der Waals surface area contributed by atoms with Crippen LogP contribution in [0.2, 0.25) is 0 Å². The van der Waals surface area contributed by atoms with E-state index < -0.39 is 16.1 Å². The van der Waals surface area contributed by atoms with Crippen molar-refractivity contribution in [3.8, 4) is 11.5 Å². The minimum absolute atomic E-state index is 0.0171. The Balaban J connectivity index is 1.96. The van der Waals surface area contributed by atoms with E-state index in [0.29, 0.717) is 39.4 Å². The fourth-order valence-corrected chi connectivity index (χ4v) is 3.45. The molecule has 0 aliphatic rings. The van der Waals surface area contributed by atoms with Crippen molar-refractivity contribution in [3.05, 3.63) is 53.3 Å². The Morgan fingerprint density at radius 2 is 1.93 bits per heavy atom. The van der Waals surface area contributed by atoms with E-state index in [2.05, 4.69) is 0 Å². The minimum Gasteiger partial charge on any atom is -0.744 e. The lowest BCUT2D eigenvalue weighted by molar-refractivity contribution is 0.0526. The van der Waals surface area contributed by atoms with Crippen LogP contribution in [0, 0.1) is 6.92 Å². The number of furan rings is 1. The summed E-state index contributed by atoms with van der Waals surface area (Å²) in [5.41, 5.74) is 1.22. The van der Waals surface area contributed by atoms with E-state index in [4.69, 9.17) is 18.6 Å². The smallest absolute Gasteiger partial charge is 0.342 e. The molecule has 3 aromatic rings. The SMILES string of the molecule is CCOC(=O)c1c(C)oc2cc(OC)c(OCc3cccc(S(=O)(=O)[O-])c3)cc12. The monoisotopic (exact) mass is 419 g/mol. The van der Waals surface area contributed by atoms with Crippen LogP contribution in [-0.4, -0.2) is 32.7 Å². The lowest BCUT2D eigenvalue weighted by Gasteiger charge is -2.12. The van der Waals surface area contributed by atoms with Gasteiger partial charge in [-0.1, -0.05) is 12.1 Å². The average molecular weight is 419 g/mol. The first kappa shape index (κ1) is 20.7. The molecule has 0 bridgehead atoms. The Kier molecular flexibility index (Phi) is 5.81. The number of fused-ring (bicyclic) bond motifs is 1. The van der Waals surface area contributed by atoms with Gasteiger partial charge < -0.3 is 23.2 Å². The Bertz CT molecular complexity index is 1160. The molecule has 8 nitrogen and oxygen atoms in total. The molecule has 9 heteroatoms. The molecule has 0 saturated carbocycles. The minimum atomic E-state index is -4.56. The molecular formula is C20H19O8S-. The van der Waals surface area contributed by atoms with Crippen LogP contribution >= 0.6 is 0 Å². The van der Waals surface area contributed by atoms with E-state index >= 15 is 0 Å². The molecule has 0 aliphatic heterocycles. The molecule has 0 unspecified atom stereocenters. The molecule has 0 atom stereocenters. The number of rotatable bonds is 7. The van der Waals surface area contributed by atoms with Crippen LogP contribution < -0.4 is 9.47 Å². The fraction of sp³-hybridized carbons (Fsp3) is 0.250. The van der Waals surface area contributed by atoms with Gasteiger partial charge in [0.05, 0.1) is 18.6 Å². The maximum absolute atomic E-state index is 12.3. The second-order valence-corrected chi connectivity index (χ2v) is 7.52. The lowest BCUT2D eigenvalue weighted by atomic mass is 10.1. The highest BCUT2D eigenvalue weighted by Gasteiger charge is 2.22. The summed E-state index contributed by atoms with van der Waals surface area (Å²) >= 11 is 0. The predicted molar refractivity (Wildman–Crippen MR) is 102 cm³/mol. The van der Waals surface area contributed by atoms with Crippen molar-refractivity contribution < 1.29 is 36.4 Å². The number of ether oxygens (including phenoxy) is 3. The zero-order valence-electron chi connectivity index (χ0n) is 16.1. The predicted octanol–water partition coefficient (Wildman–Crippen LogP) is 3.41. The van der Waals surface area contributed by atoms with Gasteiger partial charge >= 0.3 is 5.97 Å². The van der Waals surface area contributed by atoms with E-state index in [-0.39, 0.29) is 18.1 Å². The van der Waals surface area contributed by atoms with Crippen LogP contribution in [0.5, 0.6) is 11.5 Å². The summed E-state index contributed by atoms with van der Waals surface area (Å²) in [4.78, 5) is 11.9. The second-order valence-electron chi connectivity index (χ2n) is 6.14. The summed E-state index contributed by atoms with van der Waals surface area (Å²) in [7, 11) is -3.10. The molecule has 3 rings (SSSR count). The zero-order valence-corrected chi connectivity index (χ0v) is 16.9. The number of benzene rings is 2. The van der Waals surface area contributed by atoms with Gasteiger partial charge in [0, 0.05) is 11.5 Å². The Morgan fingerprint density at radius 1 is 1.17 bits per heavy atom. The van der Waals surface area contributed by atoms with E-state index in [1.807, 2.05) is 0 Å². The number of carbonyl (C=O) groups is 1. The Labute approximate surface area is 167 Å². The van der Waals surface area contributed by atoms with Crippen molar-refractivity contribution in [3.63, 3.8) is 0 Å². The summed E-state index contributed by atoms with van der Waals surface area (Å²) < 4.78 is 55.4. The first-order valence-electron chi connectivity index (χ1n) is 8.70. The fourth-order valence-electron chi connectivity index (χ4n) is 2.91. The number of methoxy groups -OCH3 is 1. The molecule has 0 aliphatic carbocycles. The Morgan fingerprint density at radius 3 is 2.59 bits per heavy atom. The highest BCUT2D eigenvalue weighted by molar-refractivity contribution is 7.85. The first-order chi connectivity index (χ1) is 13.7. The third kappa shape index (κ3) is 4.36. The van der Waals surface area contributed by atoms with Crippen LogP contribution in [0.1, 0.15) is 28.6 Å². The number of hydrogen-bond donors (Lipinski definition) is 0. The standard InChI is InChI=1S/C20H20O8S/c1-4-26-20(21)19-12(2)28-16-10-17(25-3)18(9-15(16)19)27-11-13-6-5-7-14(8-13)29(22,23)24/h5-10H,4,11H2,1-3H3,(H,22,23,24)/p-1. The summed E-state index contributed by atoms with van der Waals surface area (Å²) in [6.45, 7) is 3.58. The summed E-state index contributed by atoms with van der Waals surface area (Å²) in [6, 6.07) is 8.76. The normalized spacial score (nSPS) is 11.4. The molecule has 0 saturated heterocycles. The van der Waals surface area contributed by atoms with Crippen LogP contribution in [0.25, 0.3) is 11.0 Å². The number of carbonyl (C=O) groups excluding carboxylic acids is 1. The van der Waals surface area contributed by atoms with E-state index in [0.717, 1.165) is 0 Å². The number of aryl methyl sites for hydroxylation is 1. The number of hydrogen-bond acceptors (Lipinski definition) is 8. The molecule has 2 aromatic carbocycles. The van der Waals surface area contributed by atoms with Crippen molar-refractivity contribution in [1.82, 2.24) is 0 Å². The summed E-state index contributed by atoms with van der Waals surface area (Å²) in [5.74, 6) is 0.593. The van der Waals surface area contributed by atoms with Crippen LogP contribution in [-0.2, 0) is 21.5 Å². The van der Waals surface area contributed by atoms with Crippen molar-refractivity contribution in [2.75, 3.05) is 13.7 Å². The molecule has 0 N–H and O–H groups in total. The highest BCUT2D eigenvalue weighted by atomic mass is 32.2. The van der Waals surface area contributed by atoms with Gasteiger partial charge in [0.25, 0.3) is 0 Å². The molecule has 0 radical (unpaired) electrons. The first-order valence-corrected chi connectivity index (χ1v) is 10.1. The second kappa shape index (κ2) is 8.14. The van der Waals surface area contributed by atoms with E-state index in [1.54, 1.807) is 32.0 Å². The molecule has 0 fully saturated rings. The van der Waals surface area contributed by atoms with E-state index in [9.17, 15) is 17.8 Å². The van der Waals surface area contributed by atoms with Gasteiger partial charge in [0.1, 0.15) is 33.6 Å². The quantitative estimate of drug-likeness (QED) is 0.423. The van der Waals surface area contributed by atoms with Crippen molar-refractivity contribution >= 4 is 27.1 Å². The maximum atomic E-state index is 12.3. The van der Waals surface area contributed by atoms with Gasteiger partial charge in [0.15, 0.2) is 11.5 Å². The van der Waals surface area contributed by atoms with Gasteiger partial charge in [0.2, 0.25) is 0 Å². The Hall–Kier alpha value is -3.04. The number of esters is 1. The molecule has 29 heavy (non-hydrogen) atoms. The third-order valence-electron chi connectivity index (χ3n) is 4.21. The lowest BCUT2D eigenvalue weighted by Crippen LogP contribution is -2.05. The van der Waals surface area contributed by atoms with Crippen LogP contribution in [0.4, 0.5) is 0 Å². The van der Waals surface area contributed by atoms with Gasteiger partial charge in [-0.2, -0.15) is 0 Å². The van der Waals surface area contributed by atoms with Crippen LogP contribution in [0.3, 0.4) is 0 Å². The molecule has 1 aromatic heterocycles. The zero-order chi connectivity index (χ0) is 21.2. The van der Waals surface area contributed by atoms with Crippen molar-refractivity contribution in [2.45, 2.75) is 25.3 Å². The van der Waals surface area contributed by atoms with Crippen molar-refractivity contribution in [1.29, 1.82) is 0 Å². The van der Waals surface area contributed by atoms with Gasteiger partial charge in [-0.05, 0) is 37.6 Å². The van der Waals surface area contributed by atoms with E-state index in [1.165, 1.54) is 25.3 Å². The summed E-state index contributed by atoms with van der Waals surface area (Å²) in [6.07, 6.45) is 0. The average Bonchev–Trinajstić information content (AvgIpc) is 3.00. The molecule has 1 heterocycles. The third-order valence-corrected chi connectivity index (χ3v) is 5.04. The van der Waals surface area contributed by atoms with Gasteiger partial charge in [-0.15, -0.1) is 0 Å². The topological polar surface area (TPSA) is 115 Å². The van der Waals surface area contributed by atoms with Gasteiger partial charge in [-0.3, -0.25) is 0 Å². The maximum Gasteiger partial charge on any atom is 0.342 e. The molecule has 0 spiro atoms. The largest absolute Gasteiger partial charge is 0.744 e.